The average Bonchev–Trinajstić information content (AvgIpc) is 2.86. The normalized spacial score (nSPS) is 19.1. The van der Waals surface area contributed by atoms with Gasteiger partial charge in [-0.1, -0.05) is 6.92 Å². The number of furan rings is 1. The second-order valence-electron chi connectivity index (χ2n) is 4.94. The second-order valence-corrected chi connectivity index (χ2v) is 4.94. The van der Waals surface area contributed by atoms with Crippen LogP contribution in [0.4, 0.5) is 13.2 Å². The highest BCUT2D eigenvalue weighted by atomic mass is 19.4. The van der Waals surface area contributed by atoms with Crippen LogP contribution in [-0.4, -0.2) is 40.8 Å². The Hall–Kier alpha value is -1.50. The summed E-state index contributed by atoms with van der Waals surface area (Å²) in [4.78, 5) is 13.3. The zero-order valence-electron chi connectivity index (χ0n) is 11.0. The third-order valence-electron chi connectivity index (χ3n) is 3.63. The zero-order valence-corrected chi connectivity index (χ0v) is 11.0. The average molecular weight is 291 g/mol. The number of rotatable bonds is 2. The summed E-state index contributed by atoms with van der Waals surface area (Å²) in [6, 6.07) is 3.19. The molecule has 112 valence electrons. The number of nitrogens with zero attached hydrogens (tertiary/aromatic N) is 1. The lowest BCUT2D eigenvalue weighted by Crippen LogP contribution is -2.54. The van der Waals surface area contributed by atoms with E-state index in [1.165, 1.54) is 11.0 Å². The number of hydrogen-bond acceptors (Lipinski definition) is 3. The Kier molecular flexibility index (Phi) is 3.82. The molecular formula is C13H16F3NO3. The molecule has 1 fully saturated rings. The van der Waals surface area contributed by atoms with Gasteiger partial charge >= 0.3 is 6.18 Å². The van der Waals surface area contributed by atoms with Crippen molar-refractivity contribution in [1.82, 2.24) is 4.90 Å². The van der Waals surface area contributed by atoms with E-state index in [4.69, 9.17) is 4.42 Å². The topological polar surface area (TPSA) is 53.7 Å². The monoisotopic (exact) mass is 291 g/mol. The molecular weight excluding hydrogens is 275 g/mol. The van der Waals surface area contributed by atoms with Crippen molar-refractivity contribution >= 4 is 5.91 Å². The smallest absolute Gasteiger partial charge is 0.417 e. The lowest BCUT2D eigenvalue weighted by molar-refractivity contribution is -0.271. The number of aliphatic hydroxyl groups is 1. The van der Waals surface area contributed by atoms with Crippen LogP contribution in [0.2, 0.25) is 0 Å². The van der Waals surface area contributed by atoms with Crippen molar-refractivity contribution in [2.45, 2.75) is 38.0 Å². The molecule has 20 heavy (non-hydrogen) atoms. The predicted octanol–water partition coefficient (Wildman–Crippen LogP) is 2.37. The van der Waals surface area contributed by atoms with Gasteiger partial charge in [0.25, 0.3) is 5.91 Å². The summed E-state index contributed by atoms with van der Waals surface area (Å²) >= 11 is 0. The van der Waals surface area contributed by atoms with E-state index >= 15 is 0 Å². The van der Waals surface area contributed by atoms with Crippen LogP contribution in [0.25, 0.3) is 0 Å². The van der Waals surface area contributed by atoms with Gasteiger partial charge in [0, 0.05) is 32.4 Å². The van der Waals surface area contributed by atoms with Gasteiger partial charge in [0.1, 0.15) is 5.76 Å². The van der Waals surface area contributed by atoms with Crippen molar-refractivity contribution < 1.29 is 27.5 Å². The third kappa shape index (κ3) is 2.67. The van der Waals surface area contributed by atoms with E-state index in [1.807, 2.05) is 6.92 Å². The third-order valence-corrected chi connectivity index (χ3v) is 3.63. The number of aryl methyl sites for hydroxylation is 1. The van der Waals surface area contributed by atoms with Crippen LogP contribution in [-0.2, 0) is 6.42 Å². The Morgan fingerprint density at radius 1 is 1.40 bits per heavy atom. The maximum Gasteiger partial charge on any atom is 0.417 e. The van der Waals surface area contributed by atoms with Crippen molar-refractivity contribution in [2.24, 2.45) is 0 Å². The molecule has 2 rings (SSSR count). The van der Waals surface area contributed by atoms with E-state index in [1.54, 1.807) is 6.07 Å². The fourth-order valence-corrected chi connectivity index (χ4v) is 2.20. The van der Waals surface area contributed by atoms with Crippen LogP contribution in [0.5, 0.6) is 0 Å². The maximum atomic E-state index is 12.7. The molecule has 7 heteroatoms. The number of carbonyl (C=O) groups excluding carboxylic acids is 1. The number of hydrogen-bond donors (Lipinski definition) is 1. The number of piperidine rings is 1. The van der Waals surface area contributed by atoms with E-state index in [9.17, 15) is 23.1 Å². The van der Waals surface area contributed by atoms with Crippen LogP contribution in [0.15, 0.2) is 16.5 Å². The summed E-state index contributed by atoms with van der Waals surface area (Å²) < 4.78 is 43.3. The molecule has 1 aliphatic rings. The summed E-state index contributed by atoms with van der Waals surface area (Å²) in [7, 11) is 0. The van der Waals surface area contributed by atoms with Crippen LogP contribution in [0.3, 0.4) is 0 Å². The van der Waals surface area contributed by atoms with Crippen LogP contribution in [0.1, 0.15) is 36.1 Å². The zero-order chi connectivity index (χ0) is 15.0. The number of halogens is 3. The van der Waals surface area contributed by atoms with Crippen molar-refractivity contribution in [3.63, 3.8) is 0 Å². The van der Waals surface area contributed by atoms with E-state index in [0.717, 1.165) is 0 Å². The van der Waals surface area contributed by atoms with E-state index in [0.29, 0.717) is 12.2 Å². The molecule has 0 atom stereocenters. The first-order chi connectivity index (χ1) is 9.27. The minimum Gasteiger partial charge on any atom is -0.456 e. The molecule has 0 saturated carbocycles. The Morgan fingerprint density at radius 2 is 2.00 bits per heavy atom. The molecule has 0 aliphatic carbocycles. The van der Waals surface area contributed by atoms with Gasteiger partial charge in [-0.15, -0.1) is 0 Å². The summed E-state index contributed by atoms with van der Waals surface area (Å²) in [5.41, 5.74) is -2.69. The highest BCUT2D eigenvalue weighted by molar-refractivity contribution is 5.91. The van der Waals surface area contributed by atoms with Gasteiger partial charge in [0.15, 0.2) is 11.4 Å². The number of likely N-dealkylation sites (tertiary alicyclic amines) is 1. The molecule has 4 nitrogen and oxygen atoms in total. The fourth-order valence-electron chi connectivity index (χ4n) is 2.20. The first-order valence-corrected chi connectivity index (χ1v) is 6.44. The molecule has 1 aliphatic heterocycles. The molecule has 0 aromatic carbocycles. The lowest BCUT2D eigenvalue weighted by Gasteiger charge is -2.38. The molecule has 0 radical (unpaired) electrons. The van der Waals surface area contributed by atoms with Crippen molar-refractivity contribution in [3.8, 4) is 0 Å². The minimum absolute atomic E-state index is 0.124. The molecule has 1 amide bonds. The molecule has 0 spiro atoms. The highest BCUT2D eigenvalue weighted by Crippen LogP contribution is 2.38. The van der Waals surface area contributed by atoms with E-state index in [2.05, 4.69) is 0 Å². The summed E-state index contributed by atoms with van der Waals surface area (Å²) in [5.74, 6) is 0.338. The Morgan fingerprint density at radius 3 is 2.45 bits per heavy atom. The summed E-state index contributed by atoms with van der Waals surface area (Å²) in [6.07, 6.45) is -5.05. The molecule has 1 aromatic rings. The molecule has 1 aromatic heterocycles. The highest BCUT2D eigenvalue weighted by Gasteiger charge is 2.55. The van der Waals surface area contributed by atoms with Gasteiger partial charge in [-0.2, -0.15) is 13.2 Å². The molecule has 0 unspecified atom stereocenters. The SMILES string of the molecule is CCc1ccc(C(=O)N2CCC(O)(C(F)(F)F)CC2)o1. The van der Waals surface area contributed by atoms with Gasteiger partial charge in [-0.3, -0.25) is 4.79 Å². The molecule has 2 heterocycles. The Balaban J connectivity index is 2.02. The quantitative estimate of drug-likeness (QED) is 0.910. The summed E-state index contributed by atoms with van der Waals surface area (Å²) in [5, 5.41) is 9.53. The van der Waals surface area contributed by atoms with Gasteiger partial charge in [-0.05, 0) is 12.1 Å². The second kappa shape index (κ2) is 5.12. The first kappa shape index (κ1) is 14.9. The van der Waals surface area contributed by atoms with Crippen molar-refractivity contribution in [3.05, 3.63) is 23.7 Å². The Bertz CT molecular complexity index is 487. The molecule has 1 N–H and O–H groups in total. The molecule has 1 saturated heterocycles. The standard InChI is InChI=1S/C13H16F3NO3/c1-2-9-3-4-10(20-9)11(18)17-7-5-12(19,6-8-17)13(14,15)16/h3-4,19H,2,5-8H2,1H3. The number of carbonyl (C=O) groups is 1. The van der Waals surface area contributed by atoms with Crippen LogP contribution < -0.4 is 0 Å². The Labute approximate surface area is 114 Å². The van der Waals surface area contributed by atoms with Gasteiger partial charge in [0.2, 0.25) is 0 Å². The lowest BCUT2D eigenvalue weighted by atomic mass is 9.90. The maximum absolute atomic E-state index is 12.7. The largest absolute Gasteiger partial charge is 0.456 e. The first-order valence-electron chi connectivity index (χ1n) is 6.44. The van der Waals surface area contributed by atoms with Crippen molar-refractivity contribution in [1.29, 1.82) is 0 Å². The summed E-state index contributed by atoms with van der Waals surface area (Å²) in [6.45, 7) is 1.59. The fraction of sp³-hybridized carbons (Fsp3) is 0.615. The molecule has 0 bridgehead atoms. The number of alkyl halides is 3. The predicted molar refractivity (Wildman–Crippen MR) is 64.2 cm³/mol. The van der Waals surface area contributed by atoms with Crippen LogP contribution >= 0.6 is 0 Å². The van der Waals surface area contributed by atoms with Gasteiger partial charge in [0.05, 0.1) is 0 Å². The van der Waals surface area contributed by atoms with Crippen LogP contribution in [0, 0.1) is 0 Å². The van der Waals surface area contributed by atoms with Gasteiger partial charge < -0.3 is 14.4 Å². The van der Waals surface area contributed by atoms with Gasteiger partial charge in [-0.25, -0.2) is 0 Å². The van der Waals surface area contributed by atoms with E-state index in [-0.39, 0.29) is 18.8 Å². The van der Waals surface area contributed by atoms with E-state index < -0.39 is 30.5 Å². The minimum atomic E-state index is -4.66. The number of amides is 1. The van der Waals surface area contributed by atoms with Crippen molar-refractivity contribution in [2.75, 3.05) is 13.1 Å².